The molecule has 0 aromatic carbocycles. The van der Waals surface area contributed by atoms with Crippen molar-refractivity contribution in [3.05, 3.63) is 18.2 Å². The summed E-state index contributed by atoms with van der Waals surface area (Å²) in [7, 11) is -1.46. The second-order valence-electron chi connectivity index (χ2n) is 6.96. The Hall–Kier alpha value is -1.41. The van der Waals surface area contributed by atoms with Crippen molar-refractivity contribution in [2.45, 2.75) is 37.6 Å². The van der Waals surface area contributed by atoms with E-state index >= 15 is 0 Å². The van der Waals surface area contributed by atoms with E-state index in [0.29, 0.717) is 37.7 Å². The molecule has 0 radical (unpaired) electrons. The van der Waals surface area contributed by atoms with Gasteiger partial charge >= 0.3 is 0 Å². The van der Waals surface area contributed by atoms with E-state index in [1.165, 1.54) is 19.1 Å². The number of nitrogens with one attached hydrogen (secondary N) is 1. The molecule has 0 atom stereocenters. The fourth-order valence-corrected chi connectivity index (χ4v) is 4.54. The van der Waals surface area contributed by atoms with Crippen molar-refractivity contribution >= 4 is 15.9 Å². The molecule has 1 aliphatic carbocycles. The molecule has 1 aromatic heterocycles. The first-order chi connectivity index (χ1) is 10.8. The molecule has 23 heavy (non-hydrogen) atoms. The van der Waals surface area contributed by atoms with Crippen LogP contribution in [0.3, 0.4) is 0 Å². The molecule has 1 aliphatic heterocycles. The number of imidazole rings is 1. The van der Waals surface area contributed by atoms with Crippen LogP contribution in [0, 0.1) is 5.92 Å². The number of hydrogen-bond donors (Lipinski definition) is 1. The van der Waals surface area contributed by atoms with Crippen LogP contribution in [0.2, 0.25) is 0 Å². The quantitative estimate of drug-likeness (QED) is 0.857. The van der Waals surface area contributed by atoms with Crippen LogP contribution in [-0.2, 0) is 17.1 Å². The number of aromatic nitrogens is 2. The average molecular weight is 340 g/mol. The maximum atomic E-state index is 12.5. The van der Waals surface area contributed by atoms with Crippen LogP contribution in [0.5, 0.6) is 0 Å². The molecule has 0 unspecified atom stereocenters. The fourth-order valence-electron chi connectivity index (χ4n) is 3.47. The molecule has 3 rings (SSSR count). The number of nitrogens with zero attached hydrogens (tertiary/aromatic N) is 3. The van der Waals surface area contributed by atoms with E-state index in [1.807, 2.05) is 0 Å². The normalized spacial score (nSPS) is 21.4. The van der Waals surface area contributed by atoms with Crippen LogP contribution in [0.4, 0.5) is 0 Å². The Kier molecular flexibility index (Phi) is 4.22. The lowest BCUT2D eigenvalue weighted by Gasteiger charge is -2.42. The molecule has 2 heterocycles. The Morgan fingerprint density at radius 3 is 2.52 bits per heavy atom. The molecule has 8 heteroatoms. The maximum absolute atomic E-state index is 12.5. The van der Waals surface area contributed by atoms with Crippen molar-refractivity contribution in [3.63, 3.8) is 0 Å². The van der Waals surface area contributed by atoms with Crippen molar-refractivity contribution in [1.29, 1.82) is 0 Å². The molecule has 0 spiro atoms. The Morgan fingerprint density at radius 2 is 2.04 bits per heavy atom. The summed E-state index contributed by atoms with van der Waals surface area (Å²) in [4.78, 5) is 18.4. The van der Waals surface area contributed by atoms with E-state index in [1.54, 1.807) is 28.9 Å². The van der Waals surface area contributed by atoms with Gasteiger partial charge in [-0.1, -0.05) is 12.8 Å². The largest absolute Gasteiger partial charge is 0.336 e. The maximum Gasteiger partial charge on any atom is 0.289 e. The molecular formula is C15H24N4O3S. The van der Waals surface area contributed by atoms with E-state index in [9.17, 15) is 13.2 Å². The highest BCUT2D eigenvalue weighted by Gasteiger charge is 2.42. The SMILES string of the molecule is Cn1ccnc1C(=O)N1CCC(CC2CC2)(NS(C)(=O)=O)CC1. The van der Waals surface area contributed by atoms with Gasteiger partial charge < -0.3 is 9.47 Å². The highest BCUT2D eigenvalue weighted by atomic mass is 32.2. The van der Waals surface area contributed by atoms with E-state index in [0.717, 1.165) is 6.42 Å². The van der Waals surface area contributed by atoms with E-state index < -0.39 is 15.6 Å². The monoisotopic (exact) mass is 340 g/mol. The van der Waals surface area contributed by atoms with Crippen LogP contribution in [0.25, 0.3) is 0 Å². The minimum absolute atomic E-state index is 0.0862. The Morgan fingerprint density at radius 1 is 1.39 bits per heavy atom. The first kappa shape index (κ1) is 16.4. The minimum Gasteiger partial charge on any atom is -0.336 e. The number of likely N-dealkylation sites (tertiary alicyclic amines) is 1. The van der Waals surface area contributed by atoms with E-state index in [4.69, 9.17) is 0 Å². The third kappa shape index (κ3) is 3.92. The van der Waals surface area contributed by atoms with Crippen LogP contribution < -0.4 is 4.72 Å². The average Bonchev–Trinajstić information content (AvgIpc) is 3.15. The minimum atomic E-state index is -3.26. The number of sulfonamides is 1. The zero-order chi connectivity index (χ0) is 16.7. The summed E-state index contributed by atoms with van der Waals surface area (Å²) >= 11 is 0. The highest BCUT2D eigenvalue weighted by Crippen LogP contribution is 2.41. The third-order valence-corrected chi connectivity index (χ3v) is 5.60. The lowest BCUT2D eigenvalue weighted by atomic mass is 9.83. The Labute approximate surface area is 137 Å². The summed E-state index contributed by atoms with van der Waals surface area (Å²) in [5.41, 5.74) is -0.396. The summed E-state index contributed by atoms with van der Waals surface area (Å²) in [6.45, 7) is 1.11. The number of hydrogen-bond acceptors (Lipinski definition) is 4. The molecular weight excluding hydrogens is 316 g/mol. The molecule has 1 N–H and O–H groups in total. The third-order valence-electron chi connectivity index (χ3n) is 4.80. The summed E-state index contributed by atoms with van der Waals surface area (Å²) in [5, 5.41) is 0. The van der Waals surface area contributed by atoms with Crippen LogP contribution in [0.1, 0.15) is 42.7 Å². The lowest BCUT2D eigenvalue weighted by Crippen LogP contribution is -2.56. The molecule has 1 saturated heterocycles. The van der Waals surface area contributed by atoms with Gasteiger partial charge in [-0.25, -0.2) is 18.1 Å². The molecule has 2 fully saturated rings. The van der Waals surface area contributed by atoms with E-state index in [-0.39, 0.29) is 5.91 Å². The van der Waals surface area contributed by atoms with Crippen LogP contribution in [-0.4, -0.2) is 53.7 Å². The van der Waals surface area contributed by atoms with Crippen molar-refractivity contribution in [2.75, 3.05) is 19.3 Å². The second kappa shape index (κ2) is 5.90. The first-order valence-corrected chi connectivity index (χ1v) is 9.93. The zero-order valence-corrected chi connectivity index (χ0v) is 14.5. The number of amides is 1. The highest BCUT2D eigenvalue weighted by molar-refractivity contribution is 7.88. The number of piperidine rings is 1. The van der Waals surface area contributed by atoms with Gasteiger partial charge in [-0.05, 0) is 25.2 Å². The van der Waals surface area contributed by atoms with Gasteiger partial charge in [-0.3, -0.25) is 4.79 Å². The van der Waals surface area contributed by atoms with Gasteiger partial charge in [0, 0.05) is 38.1 Å². The number of aryl methyl sites for hydroxylation is 1. The van der Waals surface area contributed by atoms with Crippen molar-refractivity contribution in [3.8, 4) is 0 Å². The van der Waals surface area contributed by atoms with Crippen LogP contribution >= 0.6 is 0 Å². The molecule has 128 valence electrons. The van der Waals surface area contributed by atoms with Gasteiger partial charge in [0.05, 0.1) is 6.26 Å². The molecule has 7 nitrogen and oxygen atoms in total. The van der Waals surface area contributed by atoms with Gasteiger partial charge in [0.2, 0.25) is 10.0 Å². The summed E-state index contributed by atoms with van der Waals surface area (Å²) in [5.74, 6) is 0.966. The van der Waals surface area contributed by atoms with Crippen molar-refractivity contribution in [2.24, 2.45) is 13.0 Å². The summed E-state index contributed by atoms with van der Waals surface area (Å²) in [6.07, 6.45) is 9.14. The predicted molar refractivity (Wildman–Crippen MR) is 86.4 cm³/mol. The molecule has 2 aliphatic rings. The molecule has 1 aromatic rings. The predicted octanol–water partition coefficient (Wildman–Crippen LogP) is 0.744. The standard InChI is InChI=1S/C15H24N4O3S/c1-18-10-7-16-13(18)14(20)19-8-5-15(6-9-19,11-12-3-4-12)17-23(2,21)22/h7,10,12,17H,3-6,8-9,11H2,1-2H3. The topological polar surface area (TPSA) is 84.3 Å². The Balaban J connectivity index is 1.69. The molecule has 0 bridgehead atoms. The van der Waals surface area contributed by atoms with Crippen molar-refractivity contribution < 1.29 is 13.2 Å². The van der Waals surface area contributed by atoms with Gasteiger partial charge in [0.1, 0.15) is 0 Å². The number of rotatable bonds is 5. The summed E-state index contributed by atoms with van der Waals surface area (Å²) < 4.78 is 28.1. The lowest BCUT2D eigenvalue weighted by molar-refractivity contribution is 0.0633. The number of carbonyl (C=O) groups excluding carboxylic acids is 1. The van der Waals surface area contributed by atoms with Crippen molar-refractivity contribution in [1.82, 2.24) is 19.2 Å². The smallest absolute Gasteiger partial charge is 0.289 e. The van der Waals surface area contributed by atoms with Gasteiger partial charge in [0.25, 0.3) is 5.91 Å². The zero-order valence-electron chi connectivity index (χ0n) is 13.7. The van der Waals surface area contributed by atoms with Crippen LogP contribution in [0.15, 0.2) is 12.4 Å². The van der Waals surface area contributed by atoms with E-state index in [2.05, 4.69) is 9.71 Å². The number of carbonyl (C=O) groups is 1. The first-order valence-electron chi connectivity index (χ1n) is 8.04. The second-order valence-corrected chi connectivity index (χ2v) is 8.70. The van der Waals surface area contributed by atoms with Gasteiger partial charge in [-0.2, -0.15) is 0 Å². The fraction of sp³-hybridized carbons (Fsp3) is 0.733. The Bertz CT molecular complexity index is 685. The summed E-state index contributed by atoms with van der Waals surface area (Å²) in [6, 6.07) is 0. The molecule has 1 saturated carbocycles. The van der Waals surface area contributed by atoms with Gasteiger partial charge in [0.15, 0.2) is 5.82 Å². The van der Waals surface area contributed by atoms with Gasteiger partial charge in [-0.15, -0.1) is 0 Å². The molecule has 1 amide bonds.